The first kappa shape index (κ1) is 16.6. The highest BCUT2D eigenvalue weighted by molar-refractivity contribution is 5.85. The van der Waals surface area contributed by atoms with Gasteiger partial charge in [0.1, 0.15) is 17.7 Å². The van der Waals surface area contributed by atoms with Crippen LogP contribution in [0.5, 0.6) is 0 Å². The van der Waals surface area contributed by atoms with E-state index in [0.29, 0.717) is 6.07 Å². The van der Waals surface area contributed by atoms with E-state index in [-0.39, 0.29) is 18.4 Å². The number of carboxylic acid groups (broad SMARTS) is 1. The summed E-state index contributed by atoms with van der Waals surface area (Å²) in [5, 5.41) is 11.6. The van der Waals surface area contributed by atoms with Crippen LogP contribution < -0.4 is 5.32 Å². The van der Waals surface area contributed by atoms with Crippen LogP contribution in [0.25, 0.3) is 0 Å². The fourth-order valence-electron chi connectivity index (χ4n) is 2.13. The van der Waals surface area contributed by atoms with E-state index in [0.717, 1.165) is 17.7 Å². The highest BCUT2D eigenvalue weighted by Crippen LogP contribution is 2.10. The summed E-state index contributed by atoms with van der Waals surface area (Å²) < 4.78 is 26.3. The minimum absolute atomic E-state index is 0.00718. The average Bonchev–Trinajstić information content (AvgIpc) is 2.50. The molecule has 0 fully saturated rings. The summed E-state index contributed by atoms with van der Waals surface area (Å²) in [6.07, 6.45) is -0.238. The first-order chi connectivity index (χ1) is 11.0. The second kappa shape index (κ2) is 7.49. The van der Waals surface area contributed by atoms with Crippen LogP contribution in [0, 0.1) is 11.6 Å². The third-order valence-electron chi connectivity index (χ3n) is 3.28. The van der Waals surface area contributed by atoms with Crippen molar-refractivity contribution in [2.75, 3.05) is 0 Å². The van der Waals surface area contributed by atoms with Gasteiger partial charge in [0, 0.05) is 12.5 Å². The number of hydrogen-bond acceptors (Lipinski definition) is 2. The monoisotopic (exact) mass is 319 g/mol. The van der Waals surface area contributed by atoms with Crippen LogP contribution >= 0.6 is 0 Å². The number of rotatable bonds is 6. The summed E-state index contributed by atoms with van der Waals surface area (Å²) >= 11 is 0. The second-order valence-corrected chi connectivity index (χ2v) is 5.06. The fourth-order valence-corrected chi connectivity index (χ4v) is 2.13. The lowest BCUT2D eigenvalue weighted by Gasteiger charge is -2.15. The minimum Gasteiger partial charge on any atom is -0.480 e. The Balaban J connectivity index is 2.02. The molecule has 2 aromatic carbocycles. The van der Waals surface area contributed by atoms with Crippen LogP contribution in [-0.4, -0.2) is 23.0 Å². The topological polar surface area (TPSA) is 66.4 Å². The van der Waals surface area contributed by atoms with Crippen LogP contribution in [0.4, 0.5) is 8.78 Å². The Labute approximate surface area is 131 Å². The highest BCUT2D eigenvalue weighted by Gasteiger charge is 2.21. The normalized spacial score (nSPS) is 11.7. The van der Waals surface area contributed by atoms with Crippen LogP contribution in [0.1, 0.15) is 11.1 Å². The van der Waals surface area contributed by atoms with E-state index in [1.807, 2.05) is 0 Å². The quantitative estimate of drug-likeness (QED) is 0.859. The summed E-state index contributed by atoms with van der Waals surface area (Å²) in [6, 6.07) is 10.6. The van der Waals surface area contributed by atoms with Crippen LogP contribution in [0.2, 0.25) is 0 Å². The van der Waals surface area contributed by atoms with Gasteiger partial charge in [0.15, 0.2) is 0 Å². The molecule has 2 N–H and O–H groups in total. The number of carboxylic acids is 1. The van der Waals surface area contributed by atoms with Crippen molar-refractivity contribution in [2.45, 2.75) is 18.9 Å². The van der Waals surface area contributed by atoms with Gasteiger partial charge in [-0.05, 0) is 17.2 Å². The van der Waals surface area contributed by atoms with Crippen molar-refractivity contribution in [3.05, 3.63) is 71.3 Å². The number of aliphatic carboxylic acids is 1. The number of halogens is 2. The molecule has 0 spiro atoms. The molecule has 0 aliphatic carbocycles. The maximum absolute atomic E-state index is 13.5. The summed E-state index contributed by atoms with van der Waals surface area (Å²) in [7, 11) is 0. The molecule has 4 nitrogen and oxygen atoms in total. The molecular formula is C17H15F2NO3. The van der Waals surface area contributed by atoms with E-state index < -0.39 is 29.6 Å². The molecule has 0 aliphatic heterocycles. The predicted molar refractivity (Wildman–Crippen MR) is 79.8 cm³/mol. The maximum Gasteiger partial charge on any atom is 0.326 e. The van der Waals surface area contributed by atoms with Crippen LogP contribution in [0.3, 0.4) is 0 Å². The zero-order valence-electron chi connectivity index (χ0n) is 12.1. The molecule has 1 amide bonds. The van der Waals surface area contributed by atoms with E-state index in [4.69, 9.17) is 0 Å². The van der Waals surface area contributed by atoms with Crippen molar-refractivity contribution in [3.63, 3.8) is 0 Å². The Morgan fingerprint density at radius 1 is 1.09 bits per heavy atom. The van der Waals surface area contributed by atoms with Crippen molar-refractivity contribution in [1.82, 2.24) is 5.32 Å². The zero-order valence-corrected chi connectivity index (χ0v) is 12.1. The van der Waals surface area contributed by atoms with E-state index in [2.05, 4.69) is 5.32 Å². The first-order valence-electron chi connectivity index (χ1n) is 6.95. The molecule has 120 valence electrons. The van der Waals surface area contributed by atoms with E-state index in [1.54, 1.807) is 30.3 Å². The molecule has 0 heterocycles. The number of nitrogens with one attached hydrogen (secondary N) is 1. The van der Waals surface area contributed by atoms with Gasteiger partial charge in [-0.2, -0.15) is 0 Å². The second-order valence-electron chi connectivity index (χ2n) is 5.06. The molecule has 0 saturated heterocycles. The molecular weight excluding hydrogens is 304 g/mol. The third-order valence-corrected chi connectivity index (χ3v) is 3.28. The molecule has 0 aromatic heterocycles. The Bertz CT molecular complexity index is 704. The van der Waals surface area contributed by atoms with E-state index >= 15 is 0 Å². The summed E-state index contributed by atoms with van der Waals surface area (Å²) in [5.74, 6) is -3.39. The summed E-state index contributed by atoms with van der Waals surface area (Å²) in [5.41, 5.74) is 0.765. The Hall–Kier alpha value is -2.76. The largest absolute Gasteiger partial charge is 0.480 e. The lowest BCUT2D eigenvalue weighted by atomic mass is 10.1. The van der Waals surface area contributed by atoms with Crippen molar-refractivity contribution < 1.29 is 23.5 Å². The number of amides is 1. The van der Waals surface area contributed by atoms with Gasteiger partial charge in [-0.15, -0.1) is 0 Å². The van der Waals surface area contributed by atoms with Gasteiger partial charge >= 0.3 is 5.97 Å². The third kappa shape index (κ3) is 4.88. The molecule has 2 rings (SSSR count). The first-order valence-corrected chi connectivity index (χ1v) is 6.95. The number of benzene rings is 2. The van der Waals surface area contributed by atoms with Crippen molar-refractivity contribution in [1.29, 1.82) is 0 Å². The van der Waals surface area contributed by atoms with Gasteiger partial charge in [-0.25, -0.2) is 13.6 Å². The smallest absolute Gasteiger partial charge is 0.326 e. The Kier molecular flexibility index (Phi) is 5.41. The van der Waals surface area contributed by atoms with E-state index in [1.165, 1.54) is 0 Å². The molecule has 6 heteroatoms. The van der Waals surface area contributed by atoms with Gasteiger partial charge in [-0.1, -0.05) is 36.4 Å². The van der Waals surface area contributed by atoms with Gasteiger partial charge in [0.25, 0.3) is 0 Å². The predicted octanol–water partition coefficient (Wildman–Crippen LogP) is 2.32. The number of hydrogen-bond donors (Lipinski definition) is 2. The average molecular weight is 319 g/mol. The number of carbonyl (C=O) groups excluding carboxylic acids is 1. The van der Waals surface area contributed by atoms with Gasteiger partial charge < -0.3 is 10.4 Å². The summed E-state index contributed by atoms with van der Waals surface area (Å²) in [4.78, 5) is 23.2. The van der Waals surface area contributed by atoms with Crippen molar-refractivity contribution in [3.8, 4) is 0 Å². The minimum atomic E-state index is -1.18. The Morgan fingerprint density at radius 3 is 2.39 bits per heavy atom. The SMILES string of the molecule is O=C(Cc1ccc(F)cc1F)N[C@H](Cc1ccccc1)C(=O)O. The van der Waals surface area contributed by atoms with Crippen LogP contribution in [0.15, 0.2) is 48.5 Å². The van der Waals surface area contributed by atoms with Crippen LogP contribution in [-0.2, 0) is 22.4 Å². The molecule has 0 saturated carbocycles. The Morgan fingerprint density at radius 2 is 1.78 bits per heavy atom. The van der Waals surface area contributed by atoms with Crippen molar-refractivity contribution >= 4 is 11.9 Å². The van der Waals surface area contributed by atoms with Crippen molar-refractivity contribution in [2.24, 2.45) is 0 Å². The zero-order chi connectivity index (χ0) is 16.8. The molecule has 0 bridgehead atoms. The van der Waals surface area contributed by atoms with E-state index in [9.17, 15) is 23.5 Å². The highest BCUT2D eigenvalue weighted by atomic mass is 19.1. The van der Waals surface area contributed by atoms with Gasteiger partial charge in [-0.3, -0.25) is 4.79 Å². The lowest BCUT2D eigenvalue weighted by Crippen LogP contribution is -2.43. The number of carbonyl (C=O) groups is 2. The lowest BCUT2D eigenvalue weighted by molar-refractivity contribution is -0.141. The molecule has 0 radical (unpaired) electrons. The molecule has 2 aromatic rings. The molecule has 0 unspecified atom stereocenters. The van der Waals surface area contributed by atoms with Gasteiger partial charge in [0.2, 0.25) is 5.91 Å². The fraction of sp³-hybridized carbons (Fsp3) is 0.176. The standard InChI is InChI=1S/C17H15F2NO3/c18-13-7-6-12(14(19)10-13)9-16(21)20-15(17(22)23)8-11-4-2-1-3-5-11/h1-7,10,15H,8-9H2,(H,20,21)(H,22,23)/t15-/m1/s1. The molecule has 0 aliphatic rings. The molecule has 23 heavy (non-hydrogen) atoms. The van der Waals surface area contributed by atoms with Gasteiger partial charge in [0.05, 0.1) is 6.42 Å². The summed E-state index contributed by atoms with van der Waals surface area (Å²) in [6.45, 7) is 0. The molecule has 1 atom stereocenters. The maximum atomic E-state index is 13.5.